The van der Waals surface area contributed by atoms with Crippen molar-refractivity contribution in [1.29, 1.82) is 0 Å². The van der Waals surface area contributed by atoms with Gasteiger partial charge >= 0.3 is 0 Å². The van der Waals surface area contributed by atoms with Gasteiger partial charge in [0.1, 0.15) is 0 Å². The van der Waals surface area contributed by atoms with Crippen LogP contribution in [0.5, 0.6) is 0 Å². The fraction of sp³-hybridized carbons (Fsp3) is 0.667. The molecule has 1 heterocycles. The van der Waals surface area contributed by atoms with Gasteiger partial charge in [0.25, 0.3) is 0 Å². The molecule has 21 heavy (non-hydrogen) atoms. The van der Waals surface area contributed by atoms with Crippen molar-refractivity contribution in [3.05, 3.63) is 34.3 Å². The molecule has 3 heteroatoms. The largest absolute Gasteiger partial charge is 0.393 e. The SMILES string of the molecule is OC1CCCCC1C1CCCCN1Cc1cccc(Br)c1. The van der Waals surface area contributed by atoms with E-state index in [2.05, 4.69) is 45.1 Å². The van der Waals surface area contributed by atoms with Crippen molar-refractivity contribution < 1.29 is 5.11 Å². The van der Waals surface area contributed by atoms with Crippen LogP contribution >= 0.6 is 15.9 Å². The Morgan fingerprint density at radius 1 is 1.10 bits per heavy atom. The van der Waals surface area contributed by atoms with Crippen LogP contribution in [-0.4, -0.2) is 28.7 Å². The van der Waals surface area contributed by atoms with E-state index >= 15 is 0 Å². The van der Waals surface area contributed by atoms with Crippen LogP contribution in [0.2, 0.25) is 0 Å². The molecule has 0 spiro atoms. The third kappa shape index (κ3) is 3.88. The smallest absolute Gasteiger partial charge is 0.0583 e. The van der Waals surface area contributed by atoms with E-state index in [1.54, 1.807) is 0 Å². The molecule has 0 bridgehead atoms. The van der Waals surface area contributed by atoms with E-state index in [-0.39, 0.29) is 6.10 Å². The highest BCUT2D eigenvalue weighted by Crippen LogP contribution is 2.34. The van der Waals surface area contributed by atoms with Gasteiger partial charge in [-0.15, -0.1) is 0 Å². The van der Waals surface area contributed by atoms with Crippen molar-refractivity contribution in [2.24, 2.45) is 5.92 Å². The standard InChI is InChI=1S/C18H26BrNO/c19-15-7-5-6-14(12-15)13-20-11-4-3-9-17(20)16-8-1-2-10-18(16)21/h5-7,12,16-18,21H,1-4,8-11,13H2. The molecule has 3 rings (SSSR count). The van der Waals surface area contributed by atoms with Crippen LogP contribution < -0.4 is 0 Å². The van der Waals surface area contributed by atoms with E-state index in [1.165, 1.54) is 50.6 Å². The van der Waals surface area contributed by atoms with E-state index in [9.17, 15) is 5.11 Å². The molecule has 1 aromatic carbocycles. The van der Waals surface area contributed by atoms with Crippen LogP contribution in [0.15, 0.2) is 28.7 Å². The van der Waals surface area contributed by atoms with Gasteiger partial charge in [0.05, 0.1) is 6.10 Å². The molecule has 1 saturated carbocycles. The highest BCUT2D eigenvalue weighted by Gasteiger charge is 2.35. The quantitative estimate of drug-likeness (QED) is 0.874. The first-order chi connectivity index (χ1) is 10.2. The molecule has 2 aliphatic rings. The van der Waals surface area contributed by atoms with Crippen LogP contribution in [0.3, 0.4) is 0 Å². The number of likely N-dealkylation sites (tertiary alicyclic amines) is 1. The molecule has 3 atom stereocenters. The normalized spacial score (nSPS) is 31.2. The maximum Gasteiger partial charge on any atom is 0.0583 e. The maximum absolute atomic E-state index is 10.4. The second-order valence-electron chi connectivity index (χ2n) is 6.68. The topological polar surface area (TPSA) is 23.5 Å². The maximum atomic E-state index is 10.4. The van der Waals surface area contributed by atoms with Gasteiger partial charge in [0.15, 0.2) is 0 Å². The molecule has 116 valence electrons. The molecule has 1 aromatic rings. The van der Waals surface area contributed by atoms with Crippen molar-refractivity contribution in [3.63, 3.8) is 0 Å². The monoisotopic (exact) mass is 351 g/mol. The Labute approximate surface area is 136 Å². The summed E-state index contributed by atoms with van der Waals surface area (Å²) < 4.78 is 1.16. The molecule has 3 unspecified atom stereocenters. The molecule has 0 amide bonds. The van der Waals surface area contributed by atoms with Gasteiger partial charge in [-0.3, -0.25) is 4.90 Å². The number of halogens is 1. The number of rotatable bonds is 3. The summed E-state index contributed by atoms with van der Waals surface area (Å²) in [6.45, 7) is 2.20. The number of piperidine rings is 1. The van der Waals surface area contributed by atoms with Crippen molar-refractivity contribution in [1.82, 2.24) is 4.90 Å². The fourth-order valence-electron chi connectivity index (χ4n) is 4.16. The summed E-state index contributed by atoms with van der Waals surface area (Å²) in [7, 11) is 0. The first kappa shape index (κ1) is 15.5. The van der Waals surface area contributed by atoms with Crippen LogP contribution in [0, 0.1) is 5.92 Å². The minimum absolute atomic E-state index is 0.0770. The predicted molar refractivity (Wildman–Crippen MR) is 90.2 cm³/mol. The van der Waals surface area contributed by atoms with Gasteiger partial charge in [-0.25, -0.2) is 0 Å². The molecule has 0 aromatic heterocycles. The zero-order valence-electron chi connectivity index (χ0n) is 12.7. The van der Waals surface area contributed by atoms with E-state index in [1.807, 2.05) is 0 Å². The van der Waals surface area contributed by atoms with E-state index in [0.717, 1.165) is 17.4 Å². The van der Waals surface area contributed by atoms with E-state index in [4.69, 9.17) is 0 Å². The predicted octanol–water partition coefficient (Wildman–Crippen LogP) is 4.35. The van der Waals surface area contributed by atoms with Gasteiger partial charge < -0.3 is 5.11 Å². The second kappa shape index (κ2) is 7.26. The first-order valence-corrected chi connectivity index (χ1v) is 9.20. The highest BCUT2D eigenvalue weighted by atomic mass is 79.9. The van der Waals surface area contributed by atoms with E-state index < -0.39 is 0 Å². The van der Waals surface area contributed by atoms with Gasteiger partial charge in [0.2, 0.25) is 0 Å². The Morgan fingerprint density at radius 2 is 1.90 bits per heavy atom. The average Bonchev–Trinajstić information content (AvgIpc) is 2.49. The Balaban J connectivity index is 1.71. The van der Waals surface area contributed by atoms with Gasteiger partial charge in [-0.1, -0.05) is 47.3 Å². The number of aliphatic hydroxyl groups is 1. The lowest BCUT2D eigenvalue weighted by Crippen LogP contribution is -2.48. The molecule has 1 aliphatic carbocycles. The molecule has 2 nitrogen and oxygen atoms in total. The summed E-state index contributed by atoms with van der Waals surface area (Å²) in [5, 5.41) is 10.4. The van der Waals surface area contributed by atoms with Crippen LogP contribution in [0.25, 0.3) is 0 Å². The lowest BCUT2D eigenvalue weighted by molar-refractivity contribution is -0.00861. The van der Waals surface area contributed by atoms with Crippen LogP contribution in [0.1, 0.15) is 50.5 Å². The number of aliphatic hydroxyl groups excluding tert-OH is 1. The third-order valence-corrected chi connectivity index (χ3v) is 5.71. The summed E-state index contributed by atoms with van der Waals surface area (Å²) in [6.07, 6.45) is 8.52. The Hall–Kier alpha value is -0.380. The number of hydrogen-bond donors (Lipinski definition) is 1. The number of nitrogens with zero attached hydrogens (tertiary/aromatic N) is 1. The second-order valence-corrected chi connectivity index (χ2v) is 7.59. The molecule has 1 saturated heterocycles. The zero-order valence-corrected chi connectivity index (χ0v) is 14.3. The Kier molecular flexibility index (Phi) is 5.36. The molecule has 1 N–H and O–H groups in total. The molecule has 2 fully saturated rings. The summed E-state index contributed by atoms with van der Waals surface area (Å²) in [6, 6.07) is 9.22. The van der Waals surface area contributed by atoms with Gasteiger partial charge in [-0.05, 0) is 49.9 Å². The molecular weight excluding hydrogens is 326 g/mol. The molecule has 0 radical (unpaired) electrons. The van der Waals surface area contributed by atoms with Crippen LogP contribution in [0.4, 0.5) is 0 Å². The van der Waals surface area contributed by atoms with Gasteiger partial charge in [-0.2, -0.15) is 0 Å². The Bertz CT molecular complexity index is 464. The summed E-state index contributed by atoms with van der Waals surface area (Å²) >= 11 is 3.57. The summed E-state index contributed by atoms with van der Waals surface area (Å²) in [4.78, 5) is 2.63. The Morgan fingerprint density at radius 3 is 2.71 bits per heavy atom. The van der Waals surface area contributed by atoms with E-state index in [0.29, 0.717) is 12.0 Å². The van der Waals surface area contributed by atoms with Gasteiger partial charge in [0, 0.05) is 23.0 Å². The number of benzene rings is 1. The fourth-order valence-corrected chi connectivity index (χ4v) is 4.60. The van der Waals surface area contributed by atoms with Crippen molar-refractivity contribution in [2.75, 3.05) is 6.54 Å². The third-order valence-electron chi connectivity index (χ3n) is 5.21. The minimum Gasteiger partial charge on any atom is -0.393 e. The van der Waals surface area contributed by atoms with Crippen LogP contribution in [-0.2, 0) is 6.54 Å². The van der Waals surface area contributed by atoms with Crippen molar-refractivity contribution in [3.8, 4) is 0 Å². The summed E-state index contributed by atoms with van der Waals surface area (Å²) in [5.74, 6) is 0.492. The highest BCUT2D eigenvalue weighted by molar-refractivity contribution is 9.10. The van der Waals surface area contributed by atoms with Crippen molar-refractivity contribution in [2.45, 2.75) is 63.6 Å². The molecule has 1 aliphatic heterocycles. The minimum atomic E-state index is -0.0770. The average molecular weight is 352 g/mol. The lowest BCUT2D eigenvalue weighted by atomic mass is 9.78. The number of hydrogen-bond acceptors (Lipinski definition) is 2. The lowest BCUT2D eigenvalue weighted by Gasteiger charge is -2.43. The first-order valence-electron chi connectivity index (χ1n) is 8.40. The van der Waals surface area contributed by atoms with Crippen molar-refractivity contribution >= 4 is 15.9 Å². The zero-order chi connectivity index (χ0) is 14.7. The molecular formula is C18H26BrNO. The summed E-state index contributed by atoms with van der Waals surface area (Å²) in [5.41, 5.74) is 1.38.